The summed E-state index contributed by atoms with van der Waals surface area (Å²) in [5.41, 5.74) is 0.259. The lowest BCUT2D eigenvalue weighted by molar-refractivity contribution is -0.133. The van der Waals surface area contributed by atoms with Gasteiger partial charge in [0.25, 0.3) is 5.56 Å². The van der Waals surface area contributed by atoms with Gasteiger partial charge in [0.2, 0.25) is 5.91 Å². The van der Waals surface area contributed by atoms with Crippen molar-refractivity contribution in [1.82, 2.24) is 39.0 Å². The molecule has 3 aromatic rings. The monoisotopic (exact) mass is 342 g/mol. The number of fused-ring (bicyclic) bond motifs is 1. The summed E-state index contributed by atoms with van der Waals surface area (Å²) in [6, 6.07) is 0.121. The van der Waals surface area contributed by atoms with Crippen molar-refractivity contribution in [2.45, 2.75) is 25.4 Å². The fraction of sp³-hybridized carbons (Fsp3) is 0.467. The maximum absolute atomic E-state index is 12.6. The third-order valence-electron chi connectivity index (χ3n) is 4.58. The molecule has 0 spiro atoms. The van der Waals surface area contributed by atoms with Crippen molar-refractivity contribution < 1.29 is 4.79 Å². The Labute approximate surface area is 142 Å². The summed E-state index contributed by atoms with van der Waals surface area (Å²) in [7, 11) is 1.72. The van der Waals surface area contributed by atoms with E-state index in [2.05, 4.69) is 20.2 Å². The molecule has 1 atom stereocenters. The zero-order chi connectivity index (χ0) is 17.4. The molecule has 0 unspecified atom stereocenters. The fourth-order valence-corrected chi connectivity index (χ4v) is 3.23. The smallest absolute Gasteiger partial charge is 0.264 e. The molecule has 0 radical (unpaired) electrons. The number of carbonyl (C=O) groups is 1. The minimum absolute atomic E-state index is 0.0270. The molecular weight excluding hydrogens is 324 g/mol. The molecule has 4 heterocycles. The van der Waals surface area contributed by atoms with E-state index in [1.807, 2.05) is 0 Å². The van der Waals surface area contributed by atoms with E-state index in [0.717, 1.165) is 12.8 Å². The fourth-order valence-electron chi connectivity index (χ4n) is 3.23. The average molecular weight is 342 g/mol. The minimum Gasteiger partial charge on any atom is -0.339 e. The first-order chi connectivity index (χ1) is 12.1. The number of hydrogen-bond donors (Lipinski definition) is 0. The number of nitrogens with zero attached hydrogens (tertiary/aromatic N) is 8. The molecule has 1 aliphatic heterocycles. The Balaban J connectivity index is 1.52. The largest absolute Gasteiger partial charge is 0.339 e. The number of carbonyl (C=O) groups excluding carboxylic acids is 1. The van der Waals surface area contributed by atoms with Gasteiger partial charge in [0.05, 0.1) is 12.2 Å². The summed E-state index contributed by atoms with van der Waals surface area (Å²) in [5, 5.41) is 8.61. The maximum Gasteiger partial charge on any atom is 0.264 e. The second-order valence-corrected chi connectivity index (χ2v) is 6.19. The van der Waals surface area contributed by atoms with Crippen LogP contribution in [0.5, 0.6) is 0 Å². The average Bonchev–Trinajstić information content (AvgIpc) is 3.28. The van der Waals surface area contributed by atoms with Crippen LogP contribution in [0.1, 0.15) is 18.9 Å². The highest BCUT2D eigenvalue weighted by atomic mass is 16.2. The standard InChI is InChI=1S/C15H18N8O2/c1-20-14-12(5-18-20)15(25)22(10-17-14)7-13(24)21-4-2-3-11(6-21)23-9-16-8-19-23/h5,8-11H,2-4,6-7H2,1H3/t11-/m0/s1. The van der Waals surface area contributed by atoms with E-state index in [9.17, 15) is 9.59 Å². The lowest BCUT2D eigenvalue weighted by Gasteiger charge is -2.32. The van der Waals surface area contributed by atoms with E-state index in [-0.39, 0.29) is 24.1 Å². The van der Waals surface area contributed by atoms with Crippen molar-refractivity contribution in [1.29, 1.82) is 0 Å². The zero-order valence-corrected chi connectivity index (χ0v) is 13.8. The lowest BCUT2D eigenvalue weighted by atomic mass is 10.1. The number of hydrogen-bond acceptors (Lipinski definition) is 6. The number of likely N-dealkylation sites (tertiary alicyclic amines) is 1. The van der Waals surface area contributed by atoms with Crippen LogP contribution in [-0.2, 0) is 18.4 Å². The minimum atomic E-state index is -0.253. The molecule has 0 N–H and O–H groups in total. The number of rotatable bonds is 3. The van der Waals surface area contributed by atoms with E-state index in [0.29, 0.717) is 24.1 Å². The Hall–Kier alpha value is -3.04. The van der Waals surface area contributed by atoms with Gasteiger partial charge >= 0.3 is 0 Å². The molecule has 0 aromatic carbocycles. The van der Waals surface area contributed by atoms with Crippen LogP contribution in [-0.4, -0.2) is 58.0 Å². The molecule has 10 nitrogen and oxygen atoms in total. The summed E-state index contributed by atoms with van der Waals surface area (Å²) in [5.74, 6) is -0.100. The molecule has 1 fully saturated rings. The quantitative estimate of drug-likeness (QED) is 0.641. The zero-order valence-electron chi connectivity index (χ0n) is 13.8. The number of aromatic nitrogens is 7. The Morgan fingerprint density at radius 2 is 2.20 bits per heavy atom. The van der Waals surface area contributed by atoms with Crippen molar-refractivity contribution in [2.75, 3.05) is 13.1 Å². The Bertz CT molecular complexity index is 958. The van der Waals surface area contributed by atoms with Gasteiger partial charge in [-0.3, -0.25) is 18.8 Å². The first-order valence-corrected chi connectivity index (χ1v) is 8.12. The second kappa shape index (κ2) is 6.11. The summed E-state index contributed by atoms with van der Waals surface area (Å²) >= 11 is 0. The predicted molar refractivity (Wildman–Crippen MR) is 87.6 cm³/mol. The van der Waals surface area contributed by atoms with Gasteiger partial charge in [-0.25, -0.2) is 14.6 Å². The number of piperidine rings is 1. The highest BCUT2D eigenvalue weighted by Gasteiger charge is 2.25. The molecule has 1 aliphatic rings. The Morgan fingerprint density at radius 3 is 3.00 bits per heavy atom. The molecule has 130 valence electrons. The van der Waals surface area contributed by atoms with Crippen molar-refractivity contribution in [3.05, 3.63) is 35.5 Å². The molecule has 0 aliphatic carbocycles. The van der Waals surface area contributed by atoms with Gasteiger partial charge < -0.3 is 4.90 Å². The van der Waals surface area contributed by atoms with Crippen LogP contribution in [0.15, 0.2) is 30.0 Å². The molecule has 1 saturated heterocycles. The van der Waals surface area contributed by atoms with Crippen LogP contribution in [0.4, 0.5) is 0 Å². The summed E-state index contributed by atoms with van der Waals surface area (Å²) in [4.78, 5) is 35.1. The first kappa shape index (κ1) is 15.5. The summed E-state index contributed by atoms with van der Waals surface area (Å²) in [6.07, 6.45) is 7.90. The van der Waals surface area contributed by atoms with Crippen LogP contribution >= 0.6 is 0 Å². The van der Waals surface area contributed by atoms with Gasteiger partial charge in [-0.15, -0.1) is 0 Å². The van der Waals surface area contributed by atoms with E-state index in [1.165, 1.54) is 28.1 Å². The summed E-state index contributed by atoms with van der Waals surface area (Å²) < 4.78 is 4.66. The maximum atomic E-state index is 12.6. The normalized spacial score (nSPS) is 18.0. The molecule has 25 heavy (non-hydrogen) atoms. The van der Waals surface area contributed by atoms with Crippen LogP contribution < -0.4 is 5.56 Å². The third-order valence-corrected chi connectivity index (χ3v) is 4.58. The Kier molecular flexibility index (Phi) is 3.79. The van der Waals surface area contributed by atoms with Crippen LogP contribution in [0, 0.1) is 0 Å². The number of aryl methyl sites for hydroxylation is 1. The van der Waals surface area contributed by atoms with Crippen molar-refractivity contribution >= 4 is 16.9 Å². The van der Waals surface area contributed by atoms with Crippen molar-refractivity contribution in [3.63, 3.8) is 0 Å². The van der Waals surface area contributed by atoms with Gasteiger partial charge in [-0.05, 0) is 12.8 Å². The van der Waals surface area contributed by atoms with E-state index >= 15 is 0 Å². The highest BCUT2D eigenvalue weighted by Crippen LogP contribution is 2.20. The topological polar surface area (TPSA) is 104 Å². The molecule has 10 heteroatoms. The van der Waals surface area contributed by atoms with Gasteiger partial charge in [-0.1, -0.05) is 0 Å². The van der Waals surface area contributed by atoms with Gasteiger partial charge in [0, 0.05) is 20.1 Å². The van der Waals surface area contributed by atoms with E-state index < -0.39 is 0 Å². The van der Waals surface area contributed by atoms with Gasteiger partial charge in [0.1, 0.15) is 30.9 Å². The Morgan fingerprint density at radius 1 is 1.32 bits per heavy atom. The first-order valence-electron chi connectivity index (χ1n) is 8.12. The van der Waals surface area contributed by atoms with Crippen molar-refractivity contribution in [2.24, 2.45) is 7.05 Å². The molecule has 1 amide bonds. The van der Waals surface area contributed by atoms with Crippen LogP contribution in [0.3, 0.4) is 0 Å². The van der Waals surface area contributed by atoms with Crippen LogP contribution in [0.25, 0.3) is 11.0 Å². The second-order valence-electron chi connectivity index (χ2n) is 6.19. The third kappa shape index (κ3) is 2.79. The molecular formula is C15H18N8O2. The molecule has 0 saturated carbocycles. The SMILES string of the molecule is Cn1ncc2c(=O)n(CC(=O)N3CCC[C@H](n4cncn4)C3)cnc21. The molecule has 4 rings (SSSR count). The van der Waals surface area contributed by atoms with Gasteiger partial charge in [-0.2, -0.15) is 10.2 Å². The summed E-state index contributed by atoms with van der Waals surface area (Å²) in [6.45, 7) is 1.22. The highest BCUT2D eigenvalue weighted by molar-refractivity contribution is 5.77. The van der Waals surface area contributed by atoms with Crippen LogP contribution in [0.2, 0.25) is 0 Å². The van der Waals surface area contributed by atoms with E-state index in [1.54, 1.807) is 23.0 Å². The molecule has 0 bridgehead atoms. The van der Waals surface area contributed by atoms with Gasteiger partial charge in [0.15, 0.2) is 5.65 Å². The van der Waals surface area contributed by atoms with E-state index in [4.69, 9.17) is 0 Å². The molecule has 3 aromatic heterocycles. The predicted octanol–water partition coefficient (Wildman–Crippen LogP) is -0.415. The number of amides is 1. The van der Waals surface area contributed by atoms with Crippen molar-refractivity contribution in [3.8, 4) is 0 Å². The lowest BCUT2D eigenvalue weighted by Crippen LogP contribution is -2.43.